The van der Waals surface area contributed by atoms with Crippen molar-refractivity contribution in [1.82, 2.24) is 10.2 Å². The average molecular weight is 382 g/mol. The quantitative estimate of drug-likeness (QED) is 0.617. The zero-order chi connectivity index (χ0) is 12.4. The molecule has 0 unspecified atom stereocenters. The van der Waals surface area contributed by atoms with Gasteiger partial charge in [-0.15, -0.1) is 0 Å². The minimum atomic E-state index is -0.278. The Morgan fingerprint density at radius 1 is 1.41 bits per heavy atom. The van der Waals surface area contributed by atoms with Crippen LogP contribution < -0.4 is 5.32 Å². The number of anilines is 1. The lowest BCUT2D eigenvalue weighted by molar-refractivity contribution is 0.102. The second kappa shape index (κ2) is 5.24. The van der Waals surface area contributed by atoms with Crippen LogP contribution in [-0.4, -0.2) is 16.1 Å². The highest BCUT2D eigenvalue weighted by atomic mass is 127. The Morgan fingerprint density at radius 2 is 2.18 bits per heavy atom. The van der Waals surface area contributed by atoms with E-state index in [9.17, 15) is 4.79 Å². The van der Waals surface area contributed by atoms with Gasteiger partial charge in [-0.05, 0) is 34.7 Å². The van der Waals surface area contributed by atoms with E-state index in [4.69, 9.17) is 23.2 Å². The Kier molecular flexibility index (Phi) is 3.90. The molecule has 0 fully saturated rings. The van der Waals surface area contributed by atoms with E-state index in [1.165, 1.54) is 6.20 Å². The maximum Gasteiger partial charge on any atom is 0.256 e. The van der Waals surface area contributed by atoms with Gasteiger partial charge in [-0.1, -0.05) is 23.2 Å². The molecule has 0 aliphatic heterocycles. The molecule has 0 saturated carbocycles. The number of aromatic nitrogens is 2. The lowest BCUT2D eigenvalue weighted by Crippen LogP contribution is -2.13. The number of nitrogens with one attached hydrogen (secondary N) is 2. The summed E-state index contributed by atoms with van der Waals surface area (Å²) in [6, 6.07) is 3.17. The van der Waals surface area contributed by atoms with Crippen LogP contribution in [0.25, 0.3) is 0 Å². The molecule has 0 spiro atoms. The largest absolute Gasteiger partial charge is 0.319 e. The van der Waals surface area contributed by atoms with Crippen molar-refractivity contribution in [2.75, 3.05) is 5.32 Å². The van der Waals surface area contributed by atoms with Crippen molar-refractivity contribution in [3.63, 3.8) is 0 Å². The normalized spacial score (nSPS) is 10.3. The highest BCUT2D eigenvalue weighted by Crippen LogP contribution is 2.27. The molecule has 1 amide bonds. The summed E-state index contributed by atoms with van der Waals surface area (Å²) < 4.78 is 0.662. The number of hydrogen-bond acceptors (Lipinski definition) is 2. The molecule has 0 atom stereocenters. The Balaban J connectivity index is 2.31. The Morgan fingerprint density at radius 3 is 2.82 bits per heavy atom. The minimum absolute atomic E-state index is 0.278. The van der Waals surface area contributed by atoms with Crippen molar-refractivity contribution in [2.45, 2.75) is 0 Å². The number of aromatic amines is 1. The van der Waals surface area contributed by atoms with Crippen LogP contribution in [0.3, 0.4) is 0 Å². The van der Waals surface area contributed by atoms with Crippen LogP contribution >= 0.6 is 45.8 Å². The van der Waals surface area contributed by atoms with Crippen LogP contribution in [0.5, 0.6) is 0 Å². The molecule has 0 bridgehead atoms. The molecule has 2 rings (SSSR count). The van der Waals surface area contributed by atoms with Crippen molar-refractivity contribution in [1.29, 1.82) is 0 Å². The molecule has 2 N–H and O–H groups in total. The van der Waals surface area contributed by atoms with Crippen LogP contribution in [0.2, 0.25) is 10.0 Å². The van der Waals surface area contributed by atoms with Gasteiger partial charge >= 0.3 is 0 Å². The molecule has 17 heavy (non-hydrogen) atoms. The smallest absolute Gasteiger partial charge is 0.256 e. The number of nitrogens with zero attached hydrogens (tertiary/aromatic N) is 1. The predicted molar refractivity (Wildman–Crippen MR) is 75.7 cm³/mol. The van der Waals surface area contributed by atoms with Crippen LogP contribution in [-0.2, 0) is 0 Å². The lowest BCUT2D eigenvalue weighted by atomic mass is 10.2. The first-order valence-electron chi connectivity index (χ1n) is 4.52. The second-order valence-corrected chi connectivity index (χ2v) is 5.11. The van der Waals surface area contributed by atoms with Gasteiger partial charge in [0.15, 0.2) is 0 Å². The van der Waals surface area contributed by atoms with E-state index in [0.29, 0.717) is 24.9 Å². The van der Waals surface area contributed by atoms with Gasteiger partial charge in [0.25, 0.3) is 5.91 Å². The minimum Gasteiger partial charge on any atom is -0.319 e. The van der Waals surface area contributed by atoms with Crippen molar-refractivity contribution in [3.05, 3.63) is 43.7 Å². The summed E-state index contributed by atoms with van der Waals surface area (Å²) in [5.74, 6) is -0.278. The molecular weight excluding hydrogens is 376 g/mol. The van der Waals surface area contributed by atoms with Gasteiger partial charge in [-0.25, -0.2) is 0 Å². The van der Waals surface area contributed by atoms with Gasteiger partial charge < -0.3 is 5.32 Å². The summed E-state index contributed by atoms with van der Waals surface area (Å²) in [7, 11) is 0. The van der Waals surface area contributed by atoms with Crippen molar-refractivity contribution >= 4 is 57.4 Å². The average Bonchev–Trinajstić information content (AvgIpc) is 2.76. The van der Waals surface area contributed by atoms with E-state index in [-0.39, 0.29) is 5.91 Å². The topological polar surface area (TPSA) is 57.8 Å². The number of amides is 1. The first-order chi connectivity index (χ1) is 8.08. The first kappa shape index (κ1) is 12.7. The summed E-state index contributed by atoms with van der Waals surface area (Å²) in [6.07, 6.45) is 3.09. The molecule has 7 heteroatoms. The van der Waals surface area contributed by atoms with Crippen LogP contribution in [0.1, 0.15) is 10.4 Å². The molecule has 0 radical (unpaired) electrons. The number of hydrogen-bond donors (Lipinski definition) is 2. The Labute approximate surface area is 121 Å². The SMILES string of the molecule is O=C(Nc1cn[nH]c1)c1cc(Cl)cc(Cl)c1I. The van der Waals surface area contributed by atoms with Crippen molar-refractivity contribution < 1.29 is 4.79 Å². The molecule has 1 heterocycles. The Bertz CT molecular complexity index is 557. The van der Waals surface area contributed by atoms with E-state index in [2.05, 4.69) is 15.5 Å². The molecule has 1 aromatic carbocycles. The third kappa shape index (κ3) is 2.91. The lowest BCUT2D eigenvalue weighted by Gasteiger charge is -2.07. The Hall–Kier alpha value is -0.790. The summed E-state index contributed by atoms with van der Waals surface area (Å²) in [4.78, 5) is 12.0. The molecular formula is C10H6Cl2IN3O. The number of benzene rings is 1. The maximum absolute atomic E-state index is 12.0. The van der Waals surface area contributed by atoms with E-state index < -0.39 is 0 Å². The van der Waals surface area contributed by atoms with Gasteiger partial charge in [-0.2, -0.15) is 5.10 Å². The van der Waals surface area contributed by atoms with E-state index in [1.54, 1.807) is 18.3 Å². The highest BCUT2D eigenvalue weighted by Gasteiger charge is 2.14. The molecule has 4 nitrogen and oxygen atoms in total. The van der Waals surface area contributed by atoms with Gasteiger partial charge in [0.1, 0.15) is 0 Å². The molecule has 0 aliphatic carbocycles. The second-order valence-electron chi connectivity index (χ2n) is 3.19. The molecule has 2 aromatic rings. The number of halogens is 3. The van der Waals surface area contributed by atoms with Crippen molar-refractivity contribution in [3.8, 4) is 0 Å². The zero-order valence-corrected chi connectivity index (χ0v) is 12.0. The monoisotopic (exact) mass is 381 g/mol. The molecule has 0 saturated heterocycles. The first-order valence-corrected chi connectivity index (χ1v) is 6.36. The maximum atomic E-state index is 12.0. The third-order valence-electron chi connectivity index (χ3n) is 1.99. The number of carbonyl (C=O) groups excluding carboxylic acids is 1. The zero-order valence-electron chi connectivity index (χ0n) is 8.30. The highest BCUT2D eigenvalue weighted by molar-refractivity contribution is 14.1. The standard InChI is InChI=1S/C10H6Cl2IN3O/c11-5-1-7(9(13)8(12)2-5)10(17)16-6-3-14-15-4-6/h1-4H,(H,14,15)(H,16,17). The fourth-order valence-electron chi connectivity index (χ4n) is 1.24. The summed E-state index contributed by atoms with van der Waals surface area (Å²) in [5, 5.41) is 9.89. The van der Waals surface area contributed by atoms with E-state index in [1.807, 2.05) is 22.6 Å². The van der Waals surface area contributed by atoms with E-state index in [0.717, 1.165) is 0 Å². The summed E-state index contributed by atoms with van der Waals surface area (Å²) >= 11 is 13.8. The third-order valence-corrected chi connectivity index (χ3v) is 3.99. The number of rotatable bonds is 2. The van der Waals surface area contributed by atoms with Gasteiger partial charge in [0.2, 0.25) is 0 Å². The molecule has 0 aliphatic rings. The summed E-state index contributed by atoms with van der Waals surface area (Å²) in [6.45, 7) is 0. The van der Waals surface area contributed by atoms with E-state index >= 15 is 0 Å². The fourth-order valence-corrected chi connectivity index (χ4v) is 2.29. The van der Waals surface area contributed by atoms with Crippen LogP contribution in [0.15, 0.2) is 24.5 Å². The van der Waals surface area contributed by atoms with Crippen LogP contribution in [0, 0.1) is 3.57 Å². The number of H-pyrrole nitrogens is 1. The van der Waals surface area contributed by atoms with Crippen LogP contribution in [0.4, 0.5) is 5.69 Å². The molecule has 1 aromatic heterocycles. The summed E-state index contributed by atoms with van der Waals surface area (Å²) in [5.41, 5.74) is 1.02. The van der Waals surface area contributed by atoms with Crippen molar-refractivity contribution in [2.24, 2.45) is 0 Å². The van der Waals surface area contributed by atoms with Gasteiger partial charge in [0.05, 0.1) is 22.5 Å². The number of carbonyl (C=O) groups is 1. The molecule has 88 valence electrons. The fraction of sp³-hybridized carbons (Fsp3) is 0. The predicted octanol–water partition coefficient (Wildman–Crippen LogP) is 3.57. The van der Waals surface area contributed by atoms with Gasteiger partial charge in [0, 0.05) is 14.8 Å². The van der Waals surface area contributed by atoms with Gasteiger partial charge in [-0.3, -0.25) is 9.89 Å².